The quantitative estimate of drug-likeness (QED) is 0.576. The van der Waals surface area contributed by atoms with Crippen LogP contribution in [0.2, 0.25) is 0 Å². The van der Waals surface area contributed by atoms with Gasteiger partial charge in [-0.25, -0.2) is 0 Å². The Kier molecular flexibility index (Phi) is 8.41. The molecule has 1 fully saturated rings. The van der Waals surface area contributed by atoms with E-state index in [0.29, 0.717) is 19.7 Å². The van der Waals surface area contributed by atoms with Crippen molar-refractivity contribution in [3.63, 3.8) is 0 Å². The summed E-state index contributed by atoms with van der Waals surface area (Å²) in [6.07, 6.45) is 1.11. The summed E-state index contributed by atoms with van der Waals surface area (Å²) in [4.78, 5) is 1.49. The molecule has 1 unspecified atom stereocenters. The van der Waals surface area contributed by atoms with E-state index < -0.39 is 13.4 Å². The average molecular weight is 249 g/mol. The monoisotopic (exact) mass is 249 g/mol. The molecular formula is C8H16BF3KNO. The summed E-state index contributed by atoms with van der Waals surface area (Å²) >= 11 is 0. The summed E-state index contributed by atoms with van der Waals surface area (Å²) in [6, 6.07) is 0. The van der Waals surface area contributed by atoms with E-state index in [1.165, 1.54) is 4.90 Å². The van der Waals surface area contributed by atoms with Gasteiger partial charge in [-0.3, -0.25) is 0 Å². The molecule has 0 aromatic rings. The van der Waals surface area contributed by atoms with Crippen molar-refractivity contribution < 1.29 is 69.1 Å². The maximum Gasteiger partial charge on any atom is 1.00 e. The van der Waals surface area contributed by atoms with Gasteiger partial charge in [0.05, 0.1) is 6.61 Å². The predicted octanol–water partition coefficient (Wildman–Crippen LogP) is -1.26. The topological polar surface area (TPSA) is 12.5 Å². The van der Waals surface area contributed by atoms with Crippen LogP contribution in [-0.4, -0.2) is 45.1 Å². The first-order valence-corrected chi connectivity index (χ1v) is 4.93. The Bertz CT molecular complexity index is 180. The molecule has 1 aliphatic rings. The van der Waals surface area contributed by atoms with Gasteiger partial charge in [-0.05, 0) is 38.3 Å². The molecule has 1 rings (SSSR count). The van der Waals surface area contributed by atoms with Gasteiger partial charge in [-0.2, -0.15) is 0 Å². The van der Waals surface area contributed by atoms with Crippen molar-refractivity contribution in [2.45, 2.75) is 12.8 Å². The van der Waals surface area contributed by atoms with Crippen molar-refractivity contribution in [2.24, 2.45) is 5.92 Å². The predicted molar refractivity (Wildman–Crippen MR) is 50.1 cm³/mol. The van der Waals surface area contributed by atoms with Crippen LogP contribution >= 0.6 is 0 Å². The Morgan fingerprint density at radius 1 is 1.40 bits per heavy atom. The van der Waals surface area contributed by atoms with Gasteiger partial charge in [-0.15, -0.1) is 0 Å². The molecule has 1 saturated heterocycles. The standard InChI is InChI=1S/C8H16BF3NO.K/c1-14-6-8-3-2-4-13(5-8)7-9(10,11)12;/h8H,2-7H2,1H3;/q-1;+1. The Morgan fingerprint density at radius 2 is 2.07 bits per heavy atom. The van der Waals surface area contributed by atoms with Gasteiger partial charge in [0.1, 0.15) is 0 Å². The molecule has 0 saturated carbocycles. The number of hydrogen-bond acceptors (Lipinski definition) is 2. The van der Waals surface area contributed by atoms with Crippen LogP contribution in [0.25, 0.3) is 0 Å². The van der Waals surface area contributed by atoms with Crippen LogP contribution in [0.3, 0.4) is 0 Å². The van der Waals surface area contributed by atoms with Crippen molar-refractivity contribution in [3.05, 3.63) is 0 Å². The first kappa shape index (κ1) is 16.4. The second-order valence-corrected chi connectivity index (χ2v) is 3.93. The number of hydrogen-bond donors (Lipinski definition) is 0. The second-order valence-electron chi connectivity index (χ2n) is 3.93. The summed E-state index contributed by atoms with van der Waals surface area (Å²) < 4.78 is 41.4. The van der Waals surface area contributed by atoms with Crippen molar-refractivity contribution >= 4 is 6.98 Å². The summed E-state index contributed by atoms with van der Waals surface area (Å²) in [6.45, 7) is -3.01. The Morgan fingerprint density at radius 3 is 2.60 bits per heavy atom. The minimum atomic E-state index is -4.68. The molecule has 2 nitrogen and oxygen atoms in total. The average Bonchev–Trinajstić information content (AvgIpc) is 2.02. The molecule has 0 radical (unpaired) electrons. The van der Waals surface area contributed by atoms with Crippen LogP contribution in [0.5, 0.6) is 0 Å². The van der Waals surface area contributed by atoms with E-state index in [0.717, 1.165) is 12.8 Å². The van der Waals surface area contributed by atoms with Gasteiger partial charge in [0.15, 0.2) is 0 Å². The molecule has 0 aromatic heterocycles. The molecule has 0 spiro atoms. The van der Waals surface area contributed by atoms with E-state index in [1.807, 2.05) is 0 Å². The number of ether oxygens (including phenoxy) is 1. The summed E-state index contributed by atoms with van der Waals surface area (Å²) in [7, 11) is 1.59. The van der Waals surface area contributed by atoms with Crippen LogP contribution in [0.4, 0.5) is 12.9 Å². The first-order valence-electron chi connectivity index (χ1n) is 4.93. The minimum absolute atomic E-state index is 0. The van der Waals surface area contributed by atoms with Gasteiger partial charge in [0.2, 0.25) is 0 Å². The Labute approximate surface area is 131 Å². The summed E-state index contributed by atoms with van der Waals surface area (Å²) in [5.74, 6) is 0.270. The number of halogens is 3. The SMILES string of the molecule is COCC1CCCN(C[B-](F)(F)F)C1.[K+]. The Hall–Kier alpha value is 1.41. The molecule has 7 heteroatoms. The molecule has 1 heterocycles. The fraction of sp³-hybridized carbons (Fsp3) is 1.00. The van der Waals surface area contributed by atoms with Crippen LogP contribution in [0.1, 0.15) is 12.8 Å². The molecule has 84 valence electrons. The molecule has 1 aliphatic heterocycles. The number of rotatable bonds is 4. The summed E-state index contributed by atoms with van der Waals surface area (Å²) in [5.41, 5.74) is 0. The zero-order valence-electron chi connectivity index (χ0n) is 9.39. The van der Waals surface area contributed by atoms with Crippen LogP contribution in [-0.2, 0) is 4.74 Å². The fourth-order valence-electron chi connectivity index (χ4n) is 1.98. The van der Waals surface area contributed by atoms with Crippen LogP contribution < -0.4 is 51.4 Å². The summed E-state index contributed by atoms with van der Waals surface area (Å²) in [5, 5.41) is 0. The van der Waals surface area contributed by atoms with Crippen molar-refractivity contribution in [1.29, 1.82) is 0 Å². The fourth-order valence-corrected chi connectivity index (χ4v) is 1.98. The molecule has 0 aromatic carbocycles. The van der Waals surface area contributed by atoms with Crippen LogP contribution in [0.15, 0.2) is 0 Å². The third-order valence-corrected chi connectivity index (χ3v) is 2.47. The van der Waals surface area contributed by atoms with E-state index in [4.69, 9.17) is 4.74 Å². The van der Waals surface area contributed by atoms with Crippen molar-refractivity contribution in [2.75, 3.05) is 33.3 Å². The van der Waals surface area contributed by atoms with E-state index in [1.54, 1.807) is 7.11 Å². The molecular weight excluding hydrogens is 233 g/mol. The van der Waals surface area contributed by atoms with Gasteiger partial charge in [-0.1, -0.05) is 0 Å². The second kappa shape index (κ2) is 7.68. The number of methoxy groups -OCH3 is 1. The zero-order valence-corrected chi connectivity index (χ0v) is 12.5. The van der Waals surface area contributed by atoms with E-state index in [-0.39, 0.29) is 57.3 Å². The zero-order chi connectivity index (χ0) is 10.6. The minimum Gasteiger partial charge on any atom is -0.448 e. The number of likely N-dealkylation sites (tertiary alicyclic amines) is 1. The van der Waals surface area contributed by atoms with Gasteiger partial charge < -0.3 is 22.6 Å². The molecule has 0 bridgehead atoms. The molecule has 0 amide bonds. The molecule has 0 aliphatic carbocycles. The maximum atomic E-state index is 12.1. The third-order valence-electron chi connectivity index (χ3n) is 2.47. The molecule has 15 heavy (non-hydrogen) atoms. The third kappa shape index (κ3) is 7.36. The number of piperidine rings is 1. The smallest absolute Gasteiger partial charge is 0.448 e. The Balaban J connectivity index is 0.00000196. The number of nitrogens with zero attached hydrogens (tertiary/aromatic N) is 1. The van der Waals surface area contributed by atoms with E-state index in [2.05, 4.69) is 0 Å². The van der Waals surface area contributed by atoms with E-state index in [9.17, 15) is 12.9 Å². The van der Waals surface area contributed by atoms with Crippen molar-refractivity contribution in [3.8, 4) is 0 Å². The maximum absolute atomic E-state index is 12.1. The van der Waals surface area contributed by atoms with Gasteiger partial charge in [0, 0.05) is 7.11 Å². The van der Waals surface area contributed by atoms with Crippen molar-refractivity contribution in [1.82, 2.24) is 4.90 Å². The molecule has 0 N–H and O–H groups in total. The van der Waals surface area contributed by atoms with Crippen LogP contribution in [0, 0.1) is 5.92 Å². The normalized spacial score (nSPS) is 23.6. The van der Waals surface area contributed by atoms with Gasteiger partial charge in [0.25, 0.3) is 0 Å². The van der Waals surface area contributed by atoms with Gasteiger partial charge >= 0.3 is 58.4 Å². The first-order chi connectivity index (χ1) is 6.51. The largest absolute Gasteiger partial charge is 1.00 e. The molecule has 1 atom stereocenters. The van der Waals surface area contributed by atoms with E-state index >= 15 is 0 Å².